The van der Waals surface area contributed by atoms with E-state index >= 15 is 0 Å². The van der Waals surface area contributed by atoms with Gasteiger partial charge in [-0.15, -0.1) is 10.2 Å². The van der Waals surface area contributed by atoms with Gasteiger partial charge in [0.15, 0.2) is 5.16 Å². The van der Waals surface area contributed by atoms with E-state index in [0.717, 1.165) is 38.7 Å². The first kappa shape index (κ1) is 19.9. The zero-order valence-electron chi connectivity index (χ0n) is 15.3. The van der Waals surface area contributed by atoms with Gasteiger partial charge in [0.05, 0.1) is 37.6 Å². The Hall–Kier alpha value is -1.81. The summed E-state index contributed by atoms with van der Waals surface area (Å²) in [6, 6.07) is 5.12. The topological polar surface area (TPSA) is 81.5 Å². The van der Waals surface area contributed by atoms with E-state index in [1.807, 2.05) is 11.6 Å². The van der Waals surface area contributed by atoms with Crippen molar-refractivity contribution in [3.8, 4) is 5.75 Å². The lowest BCUT2D eigenvalue weighted by Crippen LogP contribution is -2.36. The number of hydrogen-bond donors (Lipinski definition) is 1. The average Bonchev–Trinajstić information content (AvgIpc) is 3.01. The summed E-state index contributed by atoms with van der Waals surface area (Å²) in [7, 11) is 3.46. The summed E-state index contributed by atoms with van der Waals surface area (Å²) in [5.41, 5.74) is 0.623. The molecule has 3 rings (SSSR count). The van der Waals surface area contributed by atoms with E-state index in [1.165, 1.54) is 11.8 Å². The standard InChI is InChI=1S/C17H22ClN5O3S/c1-22-15(10-23-5-7-26-8-6-23)20-21-17(22)27-11-16(24)19-12-3-4-14(25-2)13(18)9-12/h3-4,9H,5-8,10-11H2,1-2H3,(H,19,24). The second kappa shape index (κ2) is 9.41. The second-order valence-electron chi connectivity index (χ2n) is 6.03. The lowest BCUT2D eigenvalue weighted by Gasteiger charge is -2.25. The minimum atomic E-state index is -0.140. The van der Waals surface area contributed by atoms with Crippen LogP contribution in [0, 0.1) is 0 Å². The number of amides is 1. The molecule has 2 aromatic rings. The molecule has 0 aliphatic carbocycles. The van der Waals surface area contributed by atoms with Crippen LogP contribution in [0.4, 0.5) is 5.69 Å². The van der Waals surface area contributed by atoms with Crippen molar-refractivity contribution in [1.82, 2.24) is 19.7 Å². The van der Waals surface area contributed by atoms with Gasteiger partial charge in [-0.2, -0.15) is 0 Å². The summed E-state index contributed by atoms with van der Waals surface area (Å²) in [6.45, 7) is 4.00. The van der Waals surface area contributed by atoms with Crippen LogP contribution in [0.2, 0.25) is 5.02 Å². The van der Waals surface area contributed by atoms with E-state index in [-0.39, 0.29) is 11.7 Å². The fraction of sp³-hybridized carbons (Fsp3) is 0.471. The number of nitrogens with one attached hydrogen (secondary N) is 1. The Morgan fingerprint density at radius 3 is 2.85 bits per heavy atom. The van der Waals surface area contributed by atoms with E-state index < -0.39 is 0 Å². The van der Waals surface area contributed by atoms with Crippen molar-refractivity contribution in [2.45, 2.75) is 11.7 Å². The molecule has 0 atom stereocenters. The Kier molecular flexibility index (Phi) is 6.95. The highest BCUT2D eigenvalue weighted by molar-refractivity contribution is 7.99. The van der Waals surface area contributed by atoms with Crippen LogP contribution in [0.15, 0.2) is 23.4 Å². The zero-order valence-corrected chi connectivity index (χ0v) is 16.8. The number of morpholine rings is 1. The summed E-state index contributed by atoms with van der Waals surface area (Å²) in [6.07, 6.45) is 0. The van der Waals surface area contributed by atoms with Crippen molar-refractivity contribution in [3.63, 3.8) is 0 Å². The normalized spacial score (nSPS) is 14.9. The molecule has 1 aromatic carbocycles. The van der Waals surface area contributed by atoms with Crippen molar-refractivity contribution >= 4 is 35.0 Å². The molecule has 1 fully saturated rings. The number of nitrogens with zero attached hydrogens (tertiary/aromatic N) is 4. The minimum absolute atomic E-state index is 0.140. The van der Waals surface area contributed by atoms with Gasteiger partial charge in [-0.25, -0.2) is 0 Å². The molecule has 1 N–H and O–H groups in total. The van der Waals surface area contributed by atoms with Gasteiger partial charge in [0, 0.05) is 25.8 Å². The number of hydrogen-bond acceptors (Lipinski definition) is 7. The molecular formula is C17H22ClN5O3S. The van der Waals surface area contributed by atoms with Crippen molar-refractivity contribution in [1.29, 1.82) is 0 Å². The molecule has 146 valence electrons. The number of rotatable bonds is 7. The lowest BCUT2D eigenvalue weighted by molar-refractivity contribution is -0.113. The monoisotopic (exact) mass is 411 g/mol. The molecule has 1 aromatic heterocycles. The molecular weight excluding hydrogens is 390 g/mol. The minimum Gasteiger partial charge on any atom is -0.495 e. The Bertz CT molecular complexity index is 795. The Morgan fingerprint density at radius 2 is 2.15 bits per heavy atom. The van der Waals surface area contributed by atoms with Crippen LogP contribution >= 0.6 is 23.4 Å². The van der Waals surface area contributed by atoms with Crippen molar-refractivity contribution in [2.75, 3.05) is 44.5 Å². The zero-order chi connectivity index (χ0) is 19.2. The molecule has 0 radical (unpaired) electrons. The largest absolute Gasteiger partial charge is 0.495 e. The van der Waals surface area contributed by atoms with E-state index in [9.17, 15) is 4.79 Å². The van der Waals surface area contributed by atoms with Gasteiger partial charge in [-0.1, -0.05) is 23.4 Å². The molecule has 0 saturated carbocycles. The van der Waals surface area contributed by atoms with E-state index in [4.69, 9.17) is 21.1 Å². The van der Waals surface area contributed by atoms with Crippen LogP contribution in [0.25, 0.3) is 0 Å². The Labute approximate surface area is 167 Å². The van der Waals surface area contributed by atoms with Crippen molar-refractivity contribution in [2.24, 2.45) is 7.05 Å². The first-order valence-corrected chi connectivity index (χ1v) is 9.87. The number of methoxy groups -OCH3 is 1. The molecule has 1 amide bonds. The van der Waals surface area contributed by atoms with Crippen LogP contribution in [-0.2, 0) is 23.1 Å². The third-order valence-corrected chi connectivity index (χ3v) is 5.48. The molecule has 2 heterocycles. The molecule has 1 aliphatic rings. The molecule has 8 nitrogen and oxygen atoms in total. The highest BCUT2D eigenvalue weighted by Gasteiger charge is 2.16. The van der Waals surface area contributed by atoms with Gasteiger partial charge >= 0.3 is 0 Å². The molecule has 0 spiro atoms. The maximum absolute atomic E-state index is 12.2. The van der Waals surface area contributed by atoms with Crippen LogP contribution in [0.3, 0.4) is 0 Å². The van der Waals surface area contributed by atoms with E-state index in [0.29, 0.717) is 21.6 Å². The second-order valence-corrected chi connectivity index (χ2v) is 7.38. The molecule has 27 heavy (non-hydrogen) atoms. The summed E-state index contributed by atoms with van der Waals surface area (Å²) >= 11 is 7.42. The number of halogens is 1. The maximum Gasteiger partial charge on any atom is 0.234 e. The molecule has 0 bridgehead atoms. The molecule has 1 aliphatic heterocycles. The van der Waals surface area contributed by atoms with Crippen LogP contribution in [-0.4, -0.2) is 64.7 Å². The van der Waals surface area contributed by atoms with Gasteiger partial charge in [0.2, 0.25) is 5.91 Å². The average molecular weight is 412 g/mol. The fourth-order valence-electron chi connectivity index (χ4n) is 2.64. The third kappa shape index (κ3) is 5.35. The van der Waals surface area contributed by atoms with Gasteiger partial charge in [-0.05, 0) is 18.2 Å². The summed E-state index contributed by atoms with van der Waals surface area (Å²) in [4.78, 5) is 14.5. The quantitative estimate of drug-likeness (QED) is 0.698. The number of anilines is 1. The maximum atomic E-state index is 12.2. The number of ether oxygens (including phenoxy) is 2. The van der Waals surface area contributed by atoms with Gasteiger partial charge in [0.25, 0.3) is 0 Å². The van der Waals surface area contributed by atoms with Gasteiger partial charge < -0.3 is 19.4 Å². The highest BCUT2D eigenvalue weighted by Crippen LogP contribution is 2.27. The number of benzene rings is 1. The molecule has 0 unspecified atom stereocenters. The Balaban J connectivity index is 1.52. The van der Waals surface area contributed by atoms with Crippen LogP contribution in [0.5, 0.6) is 5.75 Å². The fourth-order valence-corrected chi connectivity index (χ4v) is 3.63. The van der Waals surface area contributed by atoms with Gasteiger partial charge in [-0.3, -0.25) is 9.69 Å². The predicted molar refractivity (Wildman–Crippen MR) is 104 cm³/mol. The highest BCUT2D eigenvalue weighted by atomic mass is 35.5. The number of carbonyl (C=O) groups excluding carboxylic acids is 1. The molecule has 1 saturated heterocycles. The third-order valence-electron chi connectivity index (χ3n) is 4.16. The van der Waals surface area contributed by atoms with Crippen LogP contribution < -0.4 is 10.1 Å². The number of thioether (sulfide) groups is 1. The summed E-state index contributed by atoms with van der Waals surface area (Å²) < 4.78 is 12.4. The lowest BCUT2D eigenvalue weighted by atomic mass is 10.3. The summed E-state index contributed by atoms with van der Waals surface area (Å²) in [5, 5.41) is 12.4. The smallest absolute Gasteiger partial charge is 0.234 e. The van der Waals surface area contributed by atoms with Crippen LogP contribution in [0.1, 0.15) is 5.82 Å². The first-order valence-electron chi connectivity index (χ1n) is 8.51. The van der Waals surface area contributed by atoms with E-state index in [1.54, 1.807) is 25.3 Å². The predicted octanol–water partition coefficient (Wildman–Crippen LogP) is 2.04. The number of carbonyl (C=O) groups is 1. The SMILES string of the molecule is COc1ccc(NC(=O)CSc2nnc(CN3CCOCC3)n2C)cc1Cl. The summed E-state index contributed by atoms with van der Waals surface area (Å²) in [5.74, 6) is 1.53. The number of aromatic nitrogens is 3. The Morgan fingerprint density at radius 1 is 1.37 bits per heavy atom. The van der Waals surface area contributed by atoms with Gasteiger partial charge in [0.1, 0.15) is 11.6 Å². The molecule has 10 heteroatoms. The van der Waals surface area contributed by atoms with Crippen molar-refractivity contribution in [3.05, 3.63) is 29.0 Å². The van der Waals surface area contributed by atoms with Crippen molar-refractivity contribution < 1.29 is 14.3 Å². The first-order chi connectivity index (χ1) is 13.1. The van der Waals surface area contributed by atoms with E-state index in [2.05, 4.69) is 20.4 Å².